The zero-order valence-corrected chi connectivity index (χ0v) is 20.5. The molecule has 0 unspecified atom stereocenters. The Kier molecular flexibility index (Phi) is 6.06. The third kappa shape index (κ3) is 4.61. The van der Waals surface area contributed by atoms with E-state index in [-0.39, 0.29) is 0 Å². The van der Waals surface area contributed by atoms with Crippen LogP contribution >= 0.6 is 31.9 Å². The number of nitrogens with zero attached hydrogens (tertiary/aromatic N) is 4. The molecule has 6 heteroatoms. The Balaban J connectivity index is 1.48. The summed E-state index contributed by atoms with van der Waals surface area (Å²) in [4.78, 5) is 0. The van der Waals surface area contributed by atoms with Gasteiger partial charge in [0.15, 0.2) is 11.4 Å². The van der Waals surface area contributed by atoms with E-state index in [1.807, 2.05) is 12.1 Å². The summed E-state index contributed by atoms with van der Waals surface area (Å²) in [5.74, 6) is 0. The lowest BCUT2D eigenvalue weighted by atomic mass is 10.2. The minimum Gasteiger partial charge on any atom is -0.232 e. The van der Waals surface area contributed by atoms with E-state index in [0.29, 0.717) is 0 Å². The van der Waals surface area contributed by atoms with Gasteiger partial charge in [-0.25, -0.2) is 9.13 Å². The standard InChI is InChI=1S/C26H22Br2N4/c27-23-15-25(31-13-11-29(19-31)17-21-7-3-1-4-8-21)26(16-24(23)28)32-14-12-30(20-32)18-22-9-5-2-6-10-22/h1-16,19-20H,17-18H2/q+2. The monoisotopic (exact) mass is 548 g/mol. The van der Waals surface area contributed by atoms with Gasteiger partial charge in [0, 0.05) is 21.1 Å². The molecule has 0 bridgehead atoms. The third-order valence-electron chi connectivity index (χ3n) is 5.37. The summed E-state index contributed by atoms with van der Waals surface area (Å²) >= 11 is 7.36. The Morgan fingerprint density at radius 2 is 1.00 bits per heavy atom. The smallest absolute Gasteiger partial charge is 0.232 e. The van der Waals surface area contributed by atoms with Crippen molar-refractivity contribution in [1.29, 1.82) is 0 Å². The van der Waals surface area contributed by atoms with Gasteiger partial charge in [-0.15, -0.1) is 0 Å². The largest absolute Gasteiger partial charge is 0.249 e. The van der Waals surface area contributed by atoms with Gasteiger partial charge in [0.2, 0.25) is 12.7 Å². The number of imidazole rings is 2. The van der Waals surface area contributed by atoms with E-state index >= 15 is 0 Å². The number of halogens is 2. The average Bonchev–Trinajstić information content (AvgIpc) is 3.47. The molecule has 0 N–H and O–H groups in total. The van der Waals surface area contributed by atoms with Crippen molar-refractivity contribution >= 4 is 31.9 Å². The van der Waals surface area contributed by atoms with E-state index in [0.717, 1.165) is 33.4 Å². The van der Waals surface area contributed by atoms with Crippen LogP contribution in [-0.4, -0.2) is 9.13 Å². The summed E-state index contributed by atoms with van der Waals surface area (Å²) in [5.41, 5.74) is 4.74. The first-order valence-electron chi connectivity index (χ1n) is 10.4. The van der Waals surface area contributed by atoms with Crippen molar-refractivity contribution in [3.8, 4) is 11.4 Å². The highest BCUT2D eigenvalue weighted by molar-refractivity contribution is 9.13. The first kappa shape index (κ1) is 20.9. The predicted molar refractivity (Wildman–Crippen MR) is 132 cm³/mol. The van der Waals surface area contributed by atoms with E-state index in [1.54, 1.807) is 0 Å². The van der Waals surface area contributed by atoms with Crippen LogP contribution in [-0.2, 0) is 13.1 Å². The highest BCUT2D eigenvalue weighted by Gasteiger charge is 2.20. The van der Waals surface area contributed by atoms with Crippen LogP contribution in [0.25, 0.3) is 11.4 Å². The predicted octanol–water partition coefficient (Wildman–Crippen LogP) is 5.46. The van der Waals surface area contributed by atoms with E-state index in [2.05, 4.69) is 148 Å². The fourth-order valence-corrected chi connectivity index (χ4v) is 4.45. The maximum atomic E-state index is 3.68. The number of rotatable bonds is 6. The van der Waals surface area contributed by atoms with Crippen molar-refractivity contribution < 1.29 is 9.13 Å². The molecule has 2 heterocycles. The van der Waals surface area contributed by atoms with Gasteiger partial charge in [0.25, 0.3) is 0 Å². The van der Waals surface area contributed by atoms with Gasteiger partial charge in [-0.1, -0.05) is 60.7 Å². The lowest BCUT2D eigenvalue weighted by Gasteiger charge is -2.05. The number of benzene rings is 3. The van der Waals surface area contributed by atoms with E-state index in [9.17, 15) is 0 Å². The zero-order chi connectivity index (χ0) is 21.9. The van der Waals surface area contributed by atoms with Gasteiger partial charge >= 0.3 is 0 Å². The van der Waals surface area contributed by atoms with Gasteiger partial charge in [0.1, 0.15) is 37.9 Å². The topological polar surface area (TPSA) is 17.6 Å². The molecule has 0 spiro atoms. The first-order valence-corrected chi connectivity index (χ1v) is 12.0. The van der Waals surface area contributed by atoms with Gasteiger partial charge < -0.3 is 0 Å². The molecule has 158 valence electrons. The van der Waals surface area contributed by atoms with E-state index < -0.39 is 0 Å². The molecular formula is C26H22Br2N4+2. The summed E-state index contributed by atoms with van der Waals surface area (Å²) in [6, 6.07) is 25.3. The molecule has 0 aliphatic rings. The van der Waals surface area contributed by atoms with Gasteiger partial charge in [-0.05, 0) is 43.0 Å². The van der Waals surface area contributed by atoms with E-state index in [4.69, 9.17) is 0 Å². The van der Waals surface area contributed by atoms with Gasteiger partial charge in [-0.2, -0.15) is 9.13 Å². The summed E-state index contributed by atoms with van der Waals surface area (Å²) in [5, 5.41) is 0. The molecule has 0 atom stereocenters. The lowest BCUT2D eigenvalue weighted by Crippen LogP contribution is -2.31. The quantitative estimate of drug-likeness (QED) is 0.250. The van der Waals surface area contributed by atoms with Gasteiger partial charge in [-0.3, -0.25) is 0 Å². The molecule has 0 fully saturated rings. The van der Waals surface area contributed by atoms with Crippen LogP contribution in [0.4, 0.5) is 0 Å². The molecule has 2 aromatic heterocycles. The number of hydrogen-bond acceptors (Lipinski definition) is 0. The fourth-order valence-electron chi connectivity index (χ4n) is 3.79. The second-order valence-electron chi connectivity index (χ2n) is 7.71. The normalized spacial score (nSPS) is 11.1. The van der Waals surface area contributed by atoms with Crippen LogP contribution in [0.1, 0.15) is 11.1 Å². The van der Waals surface area contributed by atoms with Crippen molar-refractivity contribution in [2.45, 2.75) is 13.1 Å². The van der Waals surface area contributed by atoms with Crippen LogP contribution in [0.15, 0.2) is 119 Å². The molecule has 0 aliphatic carbocycles. The highest BCUT2D eigenvalue weighted by atomic mass is 79.9. The average molecular weight is 550 g/mol. The maximum Gasteiger partial charge on any atom is 0.249 e. The Hall–Kier alpha value is -2.96. The molecule has 0 amide bonds. The summed E-state index contributed by atoms with van der Waals surface area (Å²) in [7, 11) is 0. The van der Waals surface area contributed by atoms with Crippen molar-refractivity contribution in [1.82, 2.24) is 9.13 Å². The molecule has 3 aromatic carbocycles. The Morgan fingerprint density at radius 3 is 1.41 bits per heavy atom. The van der Waals surface area contributed by atoms with Crippen LogP contribution in [0.3, 0.4) is 0 Å². The van der Waals surface area contributed by atoms with Crippen molar-refractivity contribution in [3.63, 3.8) is 0 Å². The molecule has 0 saturated heterocycles. The fraction of sp³-hybridized carbons (Fsp3) is 0.0769. The molecule has 4 nitrogen and oxygen atoms in total. The molecule has 32 heavy (non-hydrogen) atoms. The molecule has 5 rings (SSSR count). The van der Waals surface area contributed by atoms with Crippen LogP contribution < -0.4 is 9.13 Å². The minimum absolute atomic E-state index is 0.835. The molecule has 0 saturated carbocycles. The van der Waals surface area contributed by atoms with Crippen molar-refractivity contribution in [2.75, 3.05) is 0 Å². The van der Waals surface area contributed by atoms with Crippen LogP contribution in [0.2, 0.25) is 0 Å². The summed E-state index contributed by atoms with van der Waals surface area (Å²) in [6.45, 7) is 1.67. The second-order valence-corrected chi connectivity index (χ2v) is 9.42. The Labute approximate surface area is 204 Å². The molecule has 0 aliphatic heterocycles. The van der Waals surface area contributed by atoms with Crippen LogP contribution in [0.5, 0.6) is 0 Å². The number of hydrogen-bond donors (Lipinski definition) is 0. The summed E-state index contributed by atoms with van der Waals surface area (Å²) < 4.78 is 10.8. The molecular weight excluding hydrogens is 528 g/mol. The van der Waals surface area contributed by atoms with Crippen molar-refractivity contribution in [3.05, 3.63) is 130 Å². The highest BCUT2D eigenvalue weighted by Crippen LogP contribution is 2.31. The van der Waals surface area contributed by atoms with E-state index in [1.165, 1.54) is 11.1 Å². The Bertz CT molecular complexity index is 1240. The second kappa shape index (κ2) is 9.27. The van der Waals surface area contributed by atoms with Gasteiger partial charge in [0.05, 0.1) is 0 Å². The minimum atomic E-state index is 0.835. The summed E-state index contributed by atoms with van der Waals surface area (Å²) in [6.07, 6.45) is 12.7. The first-order chi connectivity index (χ1) is 15.7. The Morgan fingerprint density at radius 1 is 0.594 bits per heavy atom. The lowest BCUT2D eigenvalue weighted by molar-refractivity contribution is -0.687. The zero-order valence-electron chi connectivity index (χ0n) is 17.4. The molecule has 5 aromatic rings. The van der Waals surface area contributed by atoms with Crippen LogP contribution in [0, 0.1) is 0 Å². The SMILES string of the molecule is Brc1cc(-n2cc[n+](Cc3ccccc3)c2)c(-n2cc[n+](Cc3ccccc3)c2)cc1Br. The third-order valence-corrected chi connectivity index (χ3v) is 7.22. The molecule has 0 radical (unpaired) electrons. The van der Waals surface area contributed by atoms with Crippen molar-refractivity contribution in [2.24, 2.45) is 0 Å². The number of aromatic nitrogens is 4. The maximum absolute atomic E-state index is 3.68.